The third kappa shape index (κ3) is 5.64. The first-order valence-corrected chi connectivity index (χ1v) is 9.65. The van der Waals surface area contributed by atoms with Crippen molar-refractivity contribution in [3.63, 3.8) is 0 Å². The first kappa shape index (κ1) is 17.0. The summed E-state index contributed by atoms with van der Waals surface area (Å²) in [6.45, 7) is 2.48. The molecule has 1 aromatic heterocycles. The predicted octanol–water partition coefficient (Wildman–Crippen LogP) is 3.45. The van der Waals surface area contributed by atoms with Crippen LogP contribution in [0, 0.1) is 0 Å². The summed E-state index contributed by atoms with van der Waals surface area (Å²) in [6.07, 6.45) is 5.21. The molecule has 1 unspecified atom stereocenters. The number of hydrogen-bond donors (Lipinski definition) is 2. The number of nitrogens with zero attached hydrogens (tertiary/aromatic N) is 1. The quantitative estimate of drug-likeness (QED) is 0.597. The first-order chi connectivity index (χ1) is 11.9. The van der Waals surface area contributed by atoms with Crippen molar-refractivity contribution in [2.45, 2.75) is 31.1 Å². The average molecular weight is 343 g/mol. The van der Waals surface area contributed by atoms with E-state index in [1.165, 1.54) is 24.2 Å². The molecule has 1 saturated heterocycles. The van der Waals surface area contributed by atoms with Gasteiger partial charge in [-0.25, -0.2) is 4.99 Å². The van der Waals surface area contributed by atoms with E-state index in [2.05, 4.69) is 46.7 Å². The Morgan fingerprint density at radius 1 is 1.17 bits per heavy atom. The van der Waals surface area contributed by atoms with Crippen LogP contribution in [-0.4, -0.2) is 30.1 Å². The van der Waals surface area contributed by atoms with E-state index in [0.29, 0.717) is 11.8 Å². The lowest BCUT2D eigenvalue weighted by atomic mass is 10.2. The topological polar surface area (TPSA) is 49.6 Å². The van der Waals surface area contributed by atoms with Crippen LogP contribution in [0.5, 0.6) is 0 Å². The highest BCUT2D eigenvalue weighted by molar-refractivity contribution is 8.00. The first-order valence-electron chi connectivity index (χ1n) is 8.60. The summed E-state index contributed by atoms with van der Waals surface area (Å²) >= 11 is 2.06. The van der Waals surface area contributed by atoms with Crippen molar-refractivity contribution < 1.29 is 4.42 Å². The van der Waals surface area contributed by atoms with Crippen LogP contribution in [0.1, 0.15) is 24.2 Å². The second-order valence-electron chi connectivity index (χ2n) is 5.92. The number of hydrogen-bond acceptors (Lipinski definition) is 3. The van der Waals surface area contributed by atoms with Gasteiger partial charge in [-0.2, -0.15) is 11.8 Å². The number of aliphatic imine (C=N–C) groups is 1. The van der Waals surface area contributed by atoms with Crippen molar-refractivity contribution in [2.75, 3.05) is 18.8 Å². The normalized spacial score (nSPS) is 17.8. The number of furan rings is 1. The van der Waals surface area contributed by atoms with Gasteiger partial charge < -0.3 is 15.1 Å². The van der Waals surface area contributed by atoms with Crippen LogP contribution < -0.4 is 10.6 Å². The molecule has 1 aromatic carbocycles. The molecule has 2 N–H and O–H groups in total. The Morgan fingerprint density at radius 2 is 2.08 bits per heavy atom. The lowest BCUT2D eigenvalue weighted by molar-refractivity contribution is 0.506. The van der Waals surface area contributed by atoms with Crippen LogP contribution in [0.3, 0.4) is 0 Å². The molecule has 4 nitrogen and oxygen atoms in total. The second-order valence-corrected chi connectivity index (χ2v) is 7.33. The van der Waals surface area contributed by atoms with Crippen molar-refractivity contribution in [1.82, 2.24) is 10.6 Å². The second kappa shape index (κ2) is 9.42. The molecule has 2 heterocycles. The van der Waals surface area contributed by atoms with Crippen LogP contribution in [-0.2, 0) is 13.0 Å². The Labute approximate surface area is 148 Å². The maximum atomic E-state index is 5.38. The number of nitrogens with one attached hydrogen (secondary N) is 2. The molecular weight excluding hydrogens is 318 g/mol. The fourth-order valence-corrected chi connectivity index (χ4v) is 3.90. The molecule has 3 rings (SSSR count). The molecule has 128 valence electrons. The van der Waals surface area contributed by atoms with Crippen molar-refractivity contribution in [1.29, 1.82) is 0 Å². The Hall–Kier alpha value is -1.88. The fraction of sp³-hybridized carbons (Fsp3) is 0.421. The number of guanidine groups is 1. The highest BCUT2D eigenvalue weighted by atomic mass is 32.2. The highest BCUT2D eigenvalue weighted by Crippen LogP contribution is 2.25. The largest absolute Gasteiger partial charge is 0.469 e. The number of thioether (sulfide) groups is 1. The van der Waals surface area contributed by atoms with E-state index in [0.717, 1.165) is 31.2 Å². The third-order valence-electron chi connectivity index (χ3n) is 4.03. The molecule has 0 amide bonds. The van der Waals surface area contributed by atoms with Gasteiger partial charge in [-0.1, -0.05) is 30.3 Å². The summed E-state index contributed by atoms with van der Waals surface area (Å²) in [5.74, 6) is 3.17. The molecule has 24 heavy (non-hydrogen) atoms. The molecule has 1 aliphatic rings. The van der Waals surface area contributed by atoms with E-state index >= 15 is 0 Å². The van der Waals surface area contributed by atoms with Gasteiger partial charge in [0.25, 0.3) is 0 Å². The lowest BCUT2D eigenvalue weighted by Gasteiger charge is -2.15. The monoisotopic (exact) mass is 343 g/mol. The standard InChI is InChI=1S/C19H25N3OS/c1-2-6-16(7-3-1)14-21-19(22-15-18-9-5-13-24-18)20-11-10-17-8-4-12-23-17/h1-4,6-8,12,18H,5,9-11,13-15H2,(H2,20,21,22). The maximum absolute atomic E-state index is 5.38. The van der Waals surface area contributed by atoms with Crippen LogP contribution in [0.25, 0.3) is 0 Å². The van der Waals surface area contributed by atoms with E-state index < -0.39 is 0 Å². The van der Waals surface area contributed by atoms with Gasteiger partial charge in [0.15, 0.2) is 5.96 Å². The predicted molar refractivity (Wildman–Crippen MR) is 101 cm³/mol. The molecule has 1 aliphatic heterocycles. The summed E-state index contributed by atoms with van der Waals surface area (Å²) in [7, 11) is 0. The summed E-state index contributed by atoms with van der Waals surface area (Å²) in [6, 6.07) is 14.3. The smallest absolute Gasteiger partial charge is 0.191 e. The van der Waals surface area contributed by atoms with Gasteiger partial charge in [-0.3, -0.25) is 0 Å². The highest BCUT2D eigenvalue weighted by Gasteiger charge is 2.15. The summed E-state index contributed by atoms with van der Waals surface area (Å²) in [4.78, 5) is 4.73. The van der Waals surface area contributed by atoms with E-state index in [1.54, 1.807) is 6.26 Å². The van der Waals surface area contributed by atoms with Crippen LogP contribution >= 0.6 is 11.8 Å². The van der Waals surface area contributed by atoms with Gasteiger partial charge >= 0.3 is 0 Å². The van der Waals surface area contributed by atoms with Gasteiger partial charge in [0.2, 0.25) is 0 Å². The van der Waals surface area contributed by atoms with Gasteiger partial charge in [0.05, 0.1) is 12.8 Å². The van der Waals surface area contributed by atoms with Gasteiger partial charge in [0, 0.05) is 24.8 Å². The molecule has 0 bridgehead atoms. The Bertz CT molecular complexity index is 607. The van der Waals surface area contributed by atoms with Crippen molar-refractivity contribution in [3.05, 3.63) is 60.1 Å². The average Bonchev–Trinajstić information content (AvgIpc) is 3.31. The summed E-state index contributed by atoms with van der Waals surface area (Å²) < 4.78 is 5.38. The third-order valence-corrected chi connectivity index (χ3v) is 5.43. The van der Waals surface area contributed by atoms with E-state index in [4.69, 9.17) is 9.41 Å². The lowest BCUT2D eigenvalue weighted by Crippen LogP contribution is -2.41. The van der Waals surface area contributed by atoms with E-state index in [-0.39, 0.29) is 0 Å². The Balaban J connectivity index is 1.52. The molecule has 0 radical (unpaired) electrons. The molecule has 0 saturated carbocycles. The molecule has 0 aliphatic carbocycles. The molecule has 1 atom stereocenters. The Kier molecular flexibility index (Phi) is 6.66. The molecule has 5 heteroatoms. The summed E-state index contributed by atoms with van der Waals surface area (Å²) in [5.41, 5.74) is 1.22. The van der Waals surface area contributed by atoms with E-state index in [1.807, 2.05) is 18.2 Å². The fourth-order valence-electron chi connectivity index (χ4n) is 2.70. The molecule has 0 spiro atoms. The van der Waals surface area contributed by atoms with Gasteiger partial charge in [0.1, 0.15) is 5.76 Å². The van der Waals surface area contributed by atoms with Crippen molar-refractivity contribution >= 4 is 17.7 Å². The van der Waals surface area contributed by atoms with E-state index in [9.17, 15) is 0 Å². The zero-order valence-corrected chi connectivity index (χ0v) is 14.7. The van der Waals surface area contributed by atoms with Crippen LogP contribution in [0.15, 0.2) is 58.1 Å². The minimum Gasteiger partial charge on any atom is -0.469 e. The molecule has 1 fully saturated rings. The van der Waals surface area contributed by atoms with Crippen molar-refractivity contribution in [2.24, 2.45) is 4.99 Å². The van der Waals surface area contributed by atoms with Gasteiger partial charge in [-0.05, 0) is 36.3 Å². The minimum absolute atomic E-state index is 0.689. The molecule has 2 aromatic rings. The SMILES string of the molecule is c1ccc(CN=C(NCCc2ccco2)NCC2CCCS2)cc1. The zero-order chi connectivity index (χ0) is 16.5. The number of benzene rings is 1. The zero-order valence-electron chi connectivity index (χ0n) is 13.9. The van der Waals surface area contributed by atoms with Gasteiger partial charge in [-0.15, -0.1) is 0 Å². The maximum Gasteiger partial charge on any atom is 0.191 e. The molecular formula is C19H25N3OS. The van der Waals surface area contributed by atoms with Crippen molar-refractivity contribution in [3.8, 4) is 0 Å². The van der Waals surface area contributed by atoms with Crippen LogP contribution in [0.2, 0.25) is 0 Å². The van der Waals surface area contributed by atoms with Crippen LogP contribution in [0.4, 0.5) is 0 Å². The number of rotatable bonds is 7. The minimum atomic E-state index is 0.689. The summed E-state index contributed by atoms with van der Waals surface area (Å²) in [5, 5.41) is 7.63. The Morgan fingerprint density at radius 3 is 2.83 bits per heavy atom.